The van der Waals surface area contributed by atoms with Crippen LogP contribution in [0.3, 0.4) is 0 Å². The number of anilines is 4. The number of amides is 2. The second-order valence-electron chi connectivity index (χ2n) is 11.9. The van der Waals surface area contributed by atoms with Crippen LogP contribution in [0.25, 0.3) is 22.3 Å². The van der Waals surface area contributed by atoms with E-state index in [1.165, 1.54) is 26.0 Å². The highest BCUT2D eigenvalue weighted by molar-refractivity contribution is 7.98. The molecule has 63 heavy (non-hydrogen) atoms. The number of nitrogens with one attached hydrogen (secondary N) is 3. The van der Waals surface area contributed by atoms with Gasteiger partial charge in [0.2, 0.25) is 0 Å². The van der Waals surface area contributed by atoms with E-state index >= 15 is 0 Å². The molecule has 2 aromatic carbocycles. The highest BCUT2D eigenvalue weighted by Gasteiger charge is 2.21. The van der Waals surface area contributed by atoms with Crippen LogP contribution in [0.4, 0.5) is 32.6 Å². The van der Waals surface area contributed by atoms with E-state index in [9.17, 15) is 30.6 Å². The first-order valence-electron chi connectivity index (χ1n) is 17.2. The first kappa shape index (κ1) is 52.4. The molecule has 0 fully saturated rings. The van der Waals surface area contributed by atoms with Crippen molar-refractivity contribution in [1.82, 2.24) is 19.9 Å². The first-order valence-corrected chi connectivity index (χ1v) is 20.9. The molecule has 4 aromatic heterocycles. The number of carbonyl (C=O) groups excluding carboxylic acids is 2. The van der Waals surface area contributed by atoms with E-state index in [4.69, 9.17) is 35.3 Å². The number of aryl methyl sites for hydroxylation is 2. The van der Waals surface area contributed by atoms with Gasteiger partial charge in [-0.05, 0) is 49.2 Å². The van der Waals surface area contributed by atoms with Gasteiger partial charge in [-0.3, -0.25) is 10.6 Å². The summed E-state index contributed by atoms with van der Waals surface area (Å²) >= 11 is 15.1. The van der Waals surface area contributed by atoms with Gasteiger partial charge in [-0.15, -0.1) is 46.7 Å². The molecule has 0 spiro atoms. The topological polar surface area (TPSA) is 278 Å². The lowest BCUT2D eigenvalue weighted by Gasteiger charge is -2.13. The average Bonchev–Trinajstić information content (AvgIpc) is 3.90. The molecule has 6 aromatic rings. The zero-order chi connectivity index (χ0) is 44.6. The van der Waals surface area contributed by atoms with Crippen molar-refractivity contribution in [3.63, 3.8) is 0 Å². The van der Waals surface area contributed by atoms with Crippen LogP contribution in [0.2, 0.25) is 0 Å². The zero-order valence-corrected chi connectivity index (χ0v) is 37.9. The van der Waals surface area contributed by atoms with Gasteiger partial charge in [0.15, 0.2) is 0 Å². The number of rotatable bonds is 8. The van der Waals surface area contributed by atoms with Crippen molar-refractivity contribution in [3.05, 3.63) is 108 Å². The summed E-state index contributed by atoms with van der Waals surface area (Å²) in [5.74, 6) is 1.21. The predicted octanol–water partition coefficient (Wildman–Crippen LogP) is 10.5. The standard InChI is InChI=1S/C20H16N6O2S2.C15H11N5O2S.C5H6ClNS.CH4.ClH/c1-11-24-14(9-29-11)10-30-19-16(8-22)17(15(7-21)18(23)26-19)12-3-5-13(6-4-12)25-20(27)28-2;1-22-15(21)19-9-4-2-8(3-5-9)12-10(6-16)13(18)20-14(23)11(12)7-17;1-4-7-5(2-6)3-8-4;;/h3-6,9H,10H2,1-2H3,(H2,23,26)(H,25,27);2-5H,1H3,(H,19,21)(H3,18,20,23);3H,2H2,1H3;1H4;1H. The summed E-state index contributed by atoms with van der Waals surface area (Å²) in [6.07, 6.45) is -1.19. The number of thiazole rings is 2. The van der Waals surface area contributed by atoms with Gasteiger partial charge >= 0.3 is 12.2 Å². The van der Waals surface area contributed by atoms with E-state index in [1.54, 1.807) is 71.2 Å². The number of aromatic nitrogens is 4. The number of H-pyrrole nitrogens is 1. The number of hydrogen-bond acceptors (Lipinski definition) is 17. The predicted molar refractivity (Wildman–Crippen MR) is 253 cm³/mol. The summed E-state index contributed by atoms with van der Waals surface area (Å²) in [6, 6.07) is 21.4. The monoisotopic (exact) mass is 960 g/mol. The van der Waals surface area contributed by atoms with Crippen molar-refractivity contribution in [3.8, 4) is 46.5 Å². The fraction of sp³-hybridized carbons (Fsp3) is 0.171. The molecular weight excluding hydrogens is 924 g/mol. The summed E-state index contributed by atoms with van der Waals surface area (Å²) in [5.41, 5.74) is 17.4. The van der Waals surface area contributed by atoms with Crippen molar-refractivity contribution in [2.45, 2.75) is 37.9 Å². The number of ether oxygens (including phenoxy) is 2. The number of alkyl halides is 1. The molecule has 6 rings (SSSR count). The molecule has 0 aliphatic heterocycles. The summed E-state index contributed by atoms with van der Waals surface area (Å²) in [6.45, 7) is 3.90. The van der Waals surface area contributed by atoms with Gasteiger partial charge in [-0.1, -0.05) is 55.7 Å². The number of nitrogens with two attached hydrogens (primary N) is 2. The molecule has 0 bridgehead atoms. The van der Waals surface area contributed by atoms with E-state index < -0.39 is 12.2 Å². The third kappa shape index (κ3) is 13.9. The Balaban J connectivity index is 0.000000366. The smallest absolute Gasteiger partial charge is 0.411 e. The lowest BCUT2D eigenvalue weighted by atomic mass is 9.96. The fourth-order valence-electron chi connectivity index (χ4n) is 5.19. The van der Waals surface area contributed by atoms with Gasteiger partial charge in [0.1, 0.15) is 56.7 Å². The Morgan fingerprint density at radius 1 is 0.762 bits per heavy atom. The Labute approximate surface area is 391 Å². The number of benzene rings is 2. The molecular formula is C41H38Cl2N12O4S4. The van der Waals surface area contributed by atoms with E-state index in [1.807, 2.05) is 42.8 Å². The van der Waals surface area contributed by atoms with Crippen molar-refractivity contribution in [2.24, 2.45) is 0 Å². The summed E-state index contributed by atoms with van der Waals surface area (Å²) < 4.78 is 9.24. The number of nitrogen functional groups attached to an aromatic ring is 2. The summed E-state index contributed by atoms with van der Waals surface area (Å²) in [7, 11) is 2.53. The van der Waals surface area contributed by atoms with Crippen LogP contribution in [0.5, 0.6) is 0 Å². The van der Waals surface area contributed by atoms with Crippen LogP contribution in [0, 0.1) is 63.8 Å². The van der Waals surface area contributed by atoms with Crippen LogP contribution in [-0.4, -0.2) is 46.3 Å². The van der Waals surface area contributed by atoms with Crippen LogP contribution in [0.1, 0.15) is 51.1 Å². The normalized spacial score (nSPS) is 9.54. The van der Waals surface area contributed by atoms with Gasteiger partial charge in [0.05, 0.1) is 52.6 Å². The minimum absolute atomic E-state index is 0. The quantitative estimate of drug-likeness (QED) is 0.0539. The molecule has 0 saturated heterocycles. The third-order valence-corrected chi connectivity index (χ3v) is 11.2. The molecule has 2 amide bonds. The van der Waals surface area contributed by atoms with Crippen LogP contribution < -0.4 is 22.1 Å². The lowest BCUT2D eigenvalue weighted by molar-refractivity contribution is 0.186. The Bertz CT molecular complexity index is 2790. The van der Waals surface area contributed by atoms with Gasteiger partial charge in [0, 0.05) is 39.0 Å². The maximum atomic E-state index is 11.4. The minimum atomic E-state index is -0.598. The first-order chi connectivity index (χ1) is 29.3. The molecule has 16 nitrogen and oxygen atoms in total. The van der Waals surface area contributed by atoms with Crippen molar-refractivity contribution < 1.29 is 19.1 Å². The Morgan fingerprint density at radius 2 is 1.21 bits per heavy atom. The number of hydrogen-bond donors (Lipinski definition) is 5. The number of aromatic amines is 1. The molecule has 0 aliphatic carbocycles. The largest absolute Gasteiger partial charge is 0.453 e. The number of nitrogens with zero attached hydrogens (tertiary/aromatic N) is 7. The van der Waals surface area contributed by atoms with Crippen LogP contribution >= 0.6 is 70.7 Å². The molecule has 7 N–H and O–H groups in total. The van der Waals surface area contributed by atoms with Crippen molar-refractivity contribution in [2.75, 3.05) is 36.3 Å². The SMILES string of the molecule is C.COC(=O)Nc1ccc(-c2c(C#N)c(N)[nH]c(=S)c2C#N)cc1.COC(=O)Nc1ccc(-c2c(C#N)c(N)nc(SCc3csc(C)n3)c2C#N)cc1.Cc1nc(CCl)cs1.Cl. The maximum absolute atomic E-state index is 11.4. The molecule has 4 heterocycles. The van der Waals surface area contributed by atoms with E-state index in [0.29, 0.717) is 50.3 Å². The van der Waals surface area contributed by atoms with Crippen molar-refractivity contribution >= 4 is 106 Å². The van der Waals surface area contributed by atoms with Crippen molar-refractivity contribution in [1.29, 1.82) is 21.0 Å². The number of halogens is 2. The van der Waals surface area contributed by atoms with Gasteiger partial charge in [-0.25, -0.2) is 24.5 Å². The fourth-order valence-corrected chi connectivity index (χ4v) is 7.89. The van der Waals surface area contributed by atoms with Gasteiger partial charge in [0.25, 0.3) is 0 Å². The Kier molecular flexibility index (Phi) is 21.0. The highest BCUT2D eigenvalue weighted by Crippen LogP contribution is 2.37. The third-order valence-electron chi connectivity index (χ3n) is 7.92. The lowest BCUT2D eigenvalue weighted by Crippen LogP contribution is -2.10. The molecule has 0 unspecified atom stereocenters. The highest BCUT2D eigenvalue weighted by atomic mass is 35.5. The number of methoxy groups -OCH3 is 2. The number of nitriles is 4. The van der Waals surface area contributed by atoms with E-state index in [2.05, 4.69) is 46.1 Å². The van der Waals surface area contributed by atoms with E-state index in [-0.39, 0.29) is 58.4 Å². The summed E-state index contributed by atoms with van der Waals surface area (Å²) in [4.78, 5) is 38.0. The van der Waals surface area contributed by atoms with Crippen LogP contribution in [-0.2, 0) is 21.1 Å². The zero-order valence-electron chi connectivity index (χ0n) is 33.0. The number of thioether (sulfide) groups is 1. The maximum Gasteiger partial charge on any atom is 0.411 e. The second-order valence-corrected chi connectivity index (χ2v) is 15.7. The number of pyridine rings is 2. The Morgan fingerprint density at radius 3 is 1.59 bits per heavy atom. The molecule has 0 atom stereocenters. The molecule has 0 radical (unpaired) electrons. The van der Waals surface area contributed by atoms with E-state index in [0.717, 1.165) is 21.4 Å². The molecule has 0 saturated carbocycles. The molecule has 22 heteroatoms. The Hall–Kier alpha value is -6.75. The molecule has 324 valence electrons. The summed E-state index contributed by atoms with van der Waals surface area (Å²) in [5, 5.41) is 49.5. The second kappa shape index (κ2) is 25.2. The van der Waals surface area contributed by atoms with Gasteiger partial charge in [-0.2, -0.15) is 21.0 Å². The minimum Gasteiger partial charge on any atom is -0.453 e. The number of carbonyl (C=O) groups is 2. The van der Waals surface area contributed by atoms with Gasteiger partial charge < -0.3 is 25.9 Å². The average molecular weight is 962 g/mol. The van der Waals surface area contributed by atoms with Crippen LogP contribution in [0.15, 0.2) is 64.3 Å². The molecule has 0 aliphatic rings.